The van der Waals surface area contributed by atoms with E-state index in [1.807, 2.05) is 48.5 Å². The summed E-state index contributed by atoms with van der Waals surface area (Å²) in [6, 6.07) is 29.5. The van der Waals surface area contributed by atoms with Crippen LogP contribution in [0.3, 0.4) is 0 Å². The minimum atomic E-state index is -1.12. The van der Waals surface area contributed by atoms with Crippen LogP contribution in [-0.4, -0.2) is 28.8 Å². The fraction of sp³-hybridized carbons (Fsp3) is 0.176. The number of hydrogen-bond acceptors (Lipinski definition) is 4. The molecule has 0 spiro atoms. The summed E-state index contributed by atoms with van der Waals surface area (Å²) in [7, 11) is 0. The highest BCUT2D eigenvalue weighted by Gasteiger charge is 2.23. The summed E-state index contributed by atoms with van der Waals surface area (Å²) >= 11 is 0. The zero-order valence-corrected chi connectivity index (χ0v) is 22.7. The Morgan fingerprint density at radius 2 is 1.55 bits per heavy atom. The van der Waals surface area contributed by atoms with Crippen molar-refractivity contribution >= 4 is 40.1 Å². The monoisotopic (exact) mass is 533 g/mol. The fourth-order valence-electron chi connectivity index (χ4n) is 4.67. The van der Waals surface area contributed by atoms with Crippen molar-refractivity contribution in [3.05, 3.63) is 103 Å². The van der Waals surface area contributed by atoms with Crippen molar-refractivity contribution < 1.29 is 23.8 Å². The van der Waals surface area contributed by atoms with E-state index in [1.165, 1.54) is 0 Å². The molecule has 5 rings (SSSR count). The smallest absolute Gasteiger partial charge is 0.408 e. The third-order valence-corrected chi connectivity index (χ3v) is 6.47. The number of rotatable bonds is 7. The number of aliphatic carboxylic acids is 1. The number of benzene rings is 4. The maximum atomic E-state index is 12.0. The van der Waals surface area contributed by atoms with E-state index in [1.54, 1.807) is 26.8 Å². The van der Waals surface area contributed by atoms with Gasteiger partial charge in [0.15, 0.2) is 0 Å². The van der Waals surface area contributed by atoms with Crippen LogP contribution in [0.1, 0.15) is 32.8 Å². The molecule has 0 aliphatic carbocycles. The first-order chi connectivity index (χ1) is 19.2. The standard InChI is InChI=1S/C34H31NO5/c1-34(2,3)40-33(38)35-29(32(36)37)18-7-11-22-10-6-12-23(20-22)24-13-8-14-25(21-24)26-16-9-17-28-27-15-4-5-19-30(27)39-31(26)28/h4-17,19-21,29H,18H2,1-3H3,(H,35,38)(H,36,37)/t29-/m0/s1. The summed E-state index contributed by atoms with van der Waals surface area (Å²) in [5.74, 6) is -1.12. The van der Waals surface area contributed by atoms with Gasteiger partial charge in [0.1, 0.15) is 22.8 Å². The quantitative estimate of drug-likeness (QED) is 0.220. The zero-order chi connectivity index (χ0) is 28.3. The van der Waals surface area contributed by atoms with Gasteiger partial charge in [-0.15, -0.1) is 0 Å². The number of carboxylic acids is 1. The molecule has 202 valence electrons. The van der Waals surface area contributed by atoms with Crippen LogP contribution in [0.4, 0.5) is 4.79 Å². The molecule has 0 fully saturated rings. The van der Waals surface area contributed by atoms with Gasteiger partial charge in [0.25, 0.3) is 0 Å². The largest absolute Gasteiger partial charge is 0.480 e. The summed E-state index contributed by atoms with van der Waals surface area (Å²) < 4.78 is 11.4. The van der Waals surface area contributed by atoms with Gasteiger partial charge in [-0.25, -0.2) is 9.59 Å². The predicted molar refractivity (Wildman–Crippen MR) is 159 cm³/mol. The van der Waals surface area contributed by atoms with Gasteiger partial charge in [-0.3, -0.25) is 0 Å². The number of alkyl carbamates (subject to hydrolysis) is 1. The number of carbonyl (C=O) groups excluding carboxylic acids is 1. The molecule has 1 amide bonds. The van der Waals surface area contributed by atoms with E-state index < -0.39 is 23.7 Å². The van der Waals surface area contributed by atoms with Crippen molar-refractivity contribution in [1.29, 1.82) is 0 Å². The number of amides is 1. The normalized spacial score (nSPS) is 12.6. The van der Waals surface area contributed by atoms with Crippen molar-refractivity contribution in [2.24, 2.45) is 0 Å². The van der Waals surface area contributed by atoms with Crippen molar-refractivity contribution in [2.75, 3.05) is 0 Å². The summed E-state index contributed by atoms with van der Waals surface area (Å²) in [5, 5.41) is 14.1. The molecule has 1 aromatic heterocycles. The summed E-state index contributed by atoms with van der Waals surface area (Å²) in [6.45, 7) is 5.18. The molecule has 0 saturated carbocycles. The Bertz CT molecular complexity index is 1720. The van der Waals surface area contributed by atoms with Crippen LogP contribution in [0.2, 0.25) is 0 Å². The molecule has 1 heterocycles. The van der Waals surface area contributed by atoms with Gasteiger partial charge in [0.05, 0.1) is 0 Å². The van der Waals surface area contributed by atoms with Gasteiger partial charge in [-0.2, -0.15) is 0 Å². The second kappa shape index (κ2) is 11.1. The second-order valence-corrected chi connectivity index (χ2v) is 10.7. The average Bonchev–Trinajstić information content (AvgIpc) is 3.31. The maximum Gasteiger partial charge on any atom is 0.408 e. The van der Waals surface area contributed by atoms with Crippen LogP contribution in [0.5, 0.6) is 0 Å². The molecular formula is C34H31NO5. The van der Waals surface area contributed by atoms with Gasteiger partial charge in [0, 0.05) is 16.3 Å². The first-order valence-electron chi connectivity index (χ1n) is 13.2. The van der Waals surface area contributed by atoms with Crippen molar-refractivity contribution in [3.63, 3.8) is 0 Å². The predicted octanol–water partition coefficient (Wildman–Crippen LogP) is 8.30. The Labute approximate surface area is 232 Å². The molecular weight excluding hydrogens is 502 g/mol. The number of fused-ring (bicyclic) bond motifs is 3. The molecule has 6 nitrogen and oxygen atoms in total. The molecule has 6 heteroatoms. The molecule has 5 aromatic rings. The Morgan fingerprint density at radius 1 is 0.875 bits per heavy atom. The van der Waals surface area contributed by atoms with Gasteiger partial charge in [-0.1, -0.05) is 84.9 Å². The van der Waals surface area contributed by atoms with Crippen LogP contribution in [-0.2, 0) is 9.53 Å². The Morgan fingerprint density at radius 3 is 2.33 bits per heavy atom. The lowest BCUT2D eigenvalue weighted by atomic mass is 9.97. The van der Waals surface area contributed by atoms with Crippen LogP contribution in [0.25, 0.3) is 50.3 Å². The van der Waals surface area contributed by atoms with Crippen LogP contribution in [0, 0.1) is 0 Å². The van der Waals surface area contributed by atoms with E-state index in [9.17, 15) is 14.7 Å². The number of hydrogen-bond donors (Lipinski definition) is 2. The number of ether oxygens (including phenoxy) is 1. The number of carbonyl (C=O) groups is 2. The van der Waals surface area contributed by atoms with Gasteiger partial charge in [-0.05, 0) is 67.6 Å². The van der Waals surface area contributed by atoms with E-state index in [0.29, 0.717) is 0 Å². The minimum Gasteiger partial charge on any atom is -0.480 e. The number of carboxylic acid groups (broad SMARTS) is 1. The Balaban J connectivity index is 1.36. The third-order valence-electron chi connectivity index (χ3n) is 6.47. The van der Waals surface area contributed by atoms with Crippen LogP contribution in [0.15, 0.2) is 101 Å². The number of nitrogens with one attached hydrogen (secondary N) is 1. The molecule has 0 saturated heterocycles. The number of para-hydroxylation sites is 2. The zero-order valence-electron chi connectivity index (χ0n) is 22.7. The topological polar surface area (TPSA) is 88.8 Å². The first kappa shape index (κ1) is 26.8. The molecule has 4 aromatic carbocycles. The third kappa shape index (κ3) is 6.07. The van der Waals surface area contributed by atoms with E-state index in [2.05, 4.69) is 53.8 Å². The van der Waals surface area contributed by atoms with E-state index in [0.717, 1.165) is 49.8 Å². The minimum absolute atomic E-state index is 0.121. The fourth-order valence-corrected chi connectivity index (χ4v) is 4.67. The molecule has 1 atom stereocenters. The van der Waals surface area contributed by atoms with E-state index in [4.69, 9.17) is 9.15 Å². The van der Waals surface area contributed by atoms with Crippen LogP contribution < -0.4 is 5.32 Å². The first-order valence-corrected chi connectivity index (χ1v) is 13.2. The van der Waals surface area contributed by atoms with Crippen molar-refractivity contribution in [2.45, 2.75) is 38.8 Å². The Kier molecular flexibility index (Phi) is 7.43. The summed E-state index contributed by atoms with van der Waals surface area (Å²) in [5.41, 5.74) is 6.11. The molecule has 0 unspecified atom stereocenters. The molecule has 40 heavy (non-hydrogen) atoms. The van der Waals surface area contributed by atoms with Gasteiger partial charge in [0.2, 0.25) is 0 Å². The molecule has 0 bridgehead atoms. The average molecular weight is 534 g/mol. The lowest BCUT2D eigenvalue weighted by Crippen LogP contribution is -2.43. The highest BCUT2D eigenvalue weighted by molar-refractivity contribution is 6.09. The Hall–Kier alpha value is -4.84. The van der Waals surface area contributed by atoms with Crippen LogP contribution >= 0.6 is 0 Å². The van der Waals surface area contributed by atoms with E-state index >= 15 is 0 Å². The van der Waals surface area contributed by atoms with Crippen molar-refractivity contribution in [3.8, 4) is 22.3 Å². The molecule has 2 N–H and O–H groups in total. The summed E-state index contributed by atoms with van der Waals surface area (Å²) in [6.07, 6.45) is 2.97. The van der Waals surface area contributed by atoms with E-state index in [-0.39, 0.29) is 6.42 Å². The highest BCUT2D eigenvalue weighted by Crippen LogP contribution is 2.36. The lowest BCUT2D eigenvalue weighted by Gasteiger charge is -2.21. The second-order valence-electron chi connectivity index (χ2n) is 10.7. The SMILES string of the molecule is CC(C)(C)OC(=O)N[C@@H](CC=Cc1cccc(-c2cccc(-c3cccc4c3oc3ccccc34)c2)c1)C(=O)O. The molecule has 0 radical (unpaired) electrons. The maximum absolute atomic E-state index is 12.0. The summed E-state index contributed by atoms with van der Waals surface area (Å²) in [4.78, 5) is 23.7. The molecule has 0 aliphatic rings. The van der Waals surface area contributed by atoms with Gasteiger partial charge >= 0.3 is 12.1 Å². The van der Waals surface area contributed by atoms with Crippen molar-refractivity contribution in [1.82, 2.24) is 5.32 Å². The lowest BCUT2D eigenvalue weighted by molar-refractivity contribution is -0.139. The van der Waals surface area contributed by atoms with Gasteiger partial charge < -0.3 is 19.6 Å². The molecule has 0 aliphatic heterocycles. The number of furan rings is 1. The highest BCUT2D eigenvalue weighted by atomic mass is 16.6.